The molecule has 0 aromatic heterocycles. The summed E-state index contributed by atoms with van der Waals surface area (Å²) >= 11 is 0. The SMILES string of the molecule is CCC(=O)N1[C@@H](CO)[C@@H](c2ccccc2)[C@@H]1CNC(=O)CN1CCOCC1. The minimum Gasteiger partial charge on any atom is -0.394 e. The van der Waals surface area contributed by atoms with Crippen LogP contribution in [0.1, 0.15) is 24.8 Å². The van der Waals surface area contributed by atoms with Gasteiger partial charge in [-0.15, -0.1) is 0 Å². The van der Waals surface area contributed by atoms with E-state index in [1.54, 1.807) is 4.90 Å². The van der Waals surface area contributed by atoms with E-state index in [4.69, 9.17) is 4.74 Å². The van der Waals surface area contributed by atoms with Crippen LogP contribution >= 0.6 is 0 Å². The Morgan fingerprint density at radius 2 is 1.89 bits per heavy atom. The van der Waals surface area contributed by atoms with Crippen molar-refractivity contribution in [1.29, 1.82) is 0 Å². The van der Waals surface area contributed by atoms with Crippen LogP contribution in [0, 0.1) is 0 Å². The van der Waals surface area contributed by atoms with Crippen molar-refractivity contribution in [2.45, 2.75) is 31.3 Å². The molecule has 3 atom stereocenters. The van der Waals surface area contributed by atoms with E-state index in [2.05, 4.69) is 10.2 Å². The van der Waals surface area contributed by atoms with Gasteiger partial charge in [-0.2, -0.15) is 0 Å². The smallest absolute Gasteiger partial charge is 0.234 e. The number of rotatable bonds is 7. The predicted molar refractivity (Wildman–Crippen MR) is 101 cm³/mol. The molecule has 0 radical (unpaired) electrons. The normalized spacial score (nSPS) is 25.7. The van der Waals surface area contributed by atoms with Crippen molar-refractivity contribution in [3.63, 3.8) is 0 Å². The Morgan fingerprint density at radius 3 is 2.52 bits per heavy atom. The second-order valence-electron chi connectivity index (χ2n) is 7.10. The summed E-state index contributed by atoms with van der Waals surface area (Å²) in [6.45, 7) is 5.31. The van der Waals surface area contributed by atoms with Crippen molar-refractivity contribution in [1.82, 2.24) is 15.1 Å². The topological polar surface area (TPSA) is 82.1 Å². The van der Waals surface area contributed by atoms with Crippen LogP contribution in [0.25, 0.3) is 0 Å². The van der Waals surface area contributed by atoms with Crippen LogP contribution in [0.4, 0.5) is 0 Å². The third-order valence-electron chi connectivity index (χ3n) is 5.48. The lowest BCUT2D eigenvalue weighted by Crippen LogP contribution is -2.68. The highest BCUT2D eigenvalue weighted by Gasteiger charge is 2.50. The molecule has 0 saturated carbocycles. The van der Waals surface area contributed by atoms with Crippen molar-refractivity contribution in [3.05, 3.63) is 35.9 Å². The summed E-state index contributed by atoms with van der Waals surface area (Å²) in [5.74, 6) is -0.0101. The third kappa shape index (κ3) is 4.48. The van der Waals surface area contributed by atoms with Crippen molar-refractivity contribution in [2.24, 2.45) is 0 Å². The molecule has 148 valence electrons. The quantitative estimate of drug-likeness (QED) is 0.712. The molecule has 2 N–H and O–H groups in total. The predicted octanol–water partition coefficient (Wildman–Crippen LogP) is 0.200. The fraction of sp³-hybridized carbons (Fsp3) is 0.600. The number of carbonyl (C=O) groups is 2. The van der Waals surface area contributed by atoms with E-state index < -0.39 is 0 Å². The van der Waals surface area contributed by atoms with Crippen LogP contribution in [0.3, 0.4) is 0 Å². The standard InChI is InChI=1S/C20H29N3O4/c1-2-19(26)23-16(12-21-18(25)13-22-8-10-27-11-9-22)20(17(23)14-24)15-6-4-3-5-7-15/h3-7,16-17,20,24H,2,8-14H2,1H3,(H,21,25)/t16-,17-,20-/m0/s1. The molecule has 27 heavy (non-hydrogen) atoms. The van der Waals surface area contributed by atoms with E-state index in [1.165, 1.54) is 0 Å². The number of carbonyl (C=O) groups excluding carboxylic acids is 2. The Bertz CT molecular complexity index is 633. The van der Waals surface area contributed by atoms with E-state index in [1.807, 2.05) is 37.3 Å². The van der Waals surface area contributed by atoms with Crippen LogP contribution in [0.2, 0.25) is 0 Å². The molecule has 2 aliphatic heterocycles. The zero-order valence-corrected chi connectivity index (χ0v) is 15.8. The molecule has 1 aromatic rings. The van der Waals surface area contributed by atoms with Gasteiger partial charge < -0.3 is 20.1 Å². The van der Waals surface area contributed by atoms with Gasteiger partial charge in [-0.1, -0.05) is 37.3 Å². The first-order valence-electron chi connectivity index (χ1n) is 9.69. The van der Waals surface area contributed by atoms with Crippen LogP contribution in [-0.4, -0.2) is 84.8 Å². The number of hydrogen-bond acceptors (Lipinski definition) is 5. The van der Waals surface area contributed by atoms with Gasteiger partial charge in [0, 0.05) is 32.0 Å². The van der Waals surface area contributed by atoms with Gasteiger partial charge in [-0.25, -0.2) is 0 Å². The summed E-state index contributed by atoms with van der Waals surface area (Å²) in [4.78, 5) is 28.6. The average Bonchev–Trinajstić information content (AvgIpc) is 2.68. The third-order valence-corrected chi connectivity index (χ3v) is 5.48. The van der Waals surface area contributed by atoms with Gasteiger partial charge in [0.05, 0.1) is 38.4 Å². The Balaban J connectivity index is 1.65. The number of nitrogens with zero attached hydrogens (tertiary/aromatic N) is 2. The Kier molecular flexibility index (Phi) is 6.82. The van der Waals surface area contributed by atoms with Gasteiger partial charge in [0.1, 0.15) is 0 Å². The van der Waals surface area contributed by atoms with Crippen molar-refractivity contribution < 1.29 is 19.4 Å². The molecule has 2 aliphatic rings. The van der Waals surface area contributed by atoms with Gasteiger partial charge >= 0.3 is 0 Å². The van der Waals surface area contributed by atoms with E-state index in [0.29, 0.717) is 32.7 Å². The number of hydrogen-bond donors (Lipinski definition) is 2. The second kappa shape index (κ2) is 9.30. The monoisotopic (exact) mass is 375 g/mol. The van der Waals surface area contributed by atoms with E-state index in [9.17, 15) is 14.7 Å². The summed E-state index contributed by atoms with van der Waals surface area (Å²) in [6, 6.07) is 9.54. The fourth-order valence-electron chi connectivity index (χ4n) is 4.08. The second-order valence-corrected chi connectivity index (χ2v) is 7.10. The van der Waals surface area contributed by atoms with E-state index in [0.717, 1.165) is 18.7 Å². The van der Waals surface area contributed by atoms with Crippen LogP contribution in [-0.2, 0) is 14.3 Å². The molecule has 2 heterocycles. The van der Waals surface area contributed by atoms with Crippen LogP contribution in [0.15, 0.2) is 30.3 Å². The number of aliphatic hydroxyl groups excluding tert-OH is 1. The molecule has 1 aromatic carbocycles. The summed E-state index contributed by atoms with van der Waals surface area (Å²) in [6.07, 6.45) is 0.385. The fourth-order valence-corrected chi connectivity index (χ4v) is 4.08. The Morgan fingerprint density at radius 1 is 1.19 bits per heavy atom. The number of aliphatic hydroxyl groups is 1. The van der Waals surface area contributed by atoms with Crippen LogP contribution < -0.4 is 5.32 Å². The molecule has 3 rings (SSSR count). The average molecular weight is 375 g/mol. The lowest BCUT2D eigenvalue weighted by Gasteiger charge is -2.55. The zero-order valence-electron chi connectivity index (χ0n) is 15.8. The molecule has 0 aliphatic carbocycles. The molecule has 7 heteroatoms. The highest BCUT2D eigenvalue weighted by molar-refractivity contribution is 5.80. The lowest BCUT2D eigenvalue weighted by molar-refractivity contribution is -0.150. The summed E-state index contributed by atoms with van der Waals surface area (Å²) in [7, 11) is 0. The van der Waals surface area contributed by atoms with Gasteiger partial charge in [-0.3, -0.25) is 14.5 Å². The largest absolute Gasteiger partial charge is 0.394 e. The lowest BCUT2D eigenvalue weighted by atomic mass is 9.75. The Labute approximate surface area is 160 Å². The summed E-state index contributed by atoms with van der Waals surface area (Å²) in [5.41, 5.74) is 1.09. The molecule has 2 saturated heterocycles. The summed E-state index contributed by atoms with van der Waals surface area (Å²) in [5, 5.41) is 12.8. The summed E-state index contributed by atoms with van der Waals surface area (Å²) < 4.78 is 5.30. The number of likely N-dealkylation sites (tertiary alicyclic amines) is 1. The van der Waals surface area contributed by atoms with Crippen molar-refractivity contribution >= 4 is 11.8 Å². The number of benzene rings is 1. The molecule has 0 bridgehead atoms. The van der Waals surface area contributed by atoms with E-state index >= 15 is 0 Å². The molecule has 2 amide bonds. The molecular weight excluding hydrogens is 346 g/mol. The first-order chi connectivity index (χ1) is 13.2. The number of amides is 2. The first-order valence-corrected chi connectivity index (χ1v) is 9.69. The number of morpholine rings is 1. The molecule has 2 fully saturated rings. The molecular formula is C20H29N3O4. The number of ether oxygens (including phenoxy) is 1. The van der Waals surface area contributed by atoms with Gasteiger partial charge in [-0.05, 0) is 5.56 Å². The maximum absolute atomic E-state index is 12.4. The molecule has 0 spiro atoms. The highest BCUT2D eigenvalue weighted by atomic mass is 16.5. The zero-order chi connectivity index (χ0) is 19.2. The Hall–Kier alpha value is -1.96. The maximum atomic E-state index is 12.4. The van der Waals surface area contributed by atoms with E-state index in [-0.39, 0.29) is 36.4 Å². The van der Waals surface area contributed by atoms with Crippen molar-refractivity contribution in [2.75, 3.05) is 46.0 Å². The van der Waals surface area contributed by atoms with Gasteiger partial charge in [0.25, 0.3) is 0 Å². The van der Waals surface area contributed by atoms with Crippen molar-refractivity contribution in [3.8, 4) is 0 Å². The minimum atomic E-state index is -0.235. The first kappa shape index (κ1) is 19.8. The maximum Gasteiger partial charge on any atom is 0.234 e. The van der Waals surface area contributed by atoms with Gasteiger partial charge in [0.15, 0.2) is 0 Å². The highest BCUT2D eigenvalue weighted by Crippen LogP contribution is 2.40. The van der Waals surface area contributed by atoms with Gasteiger partial charge in [0.2, 0.25) is 11.8 Å². The minimum absolute atomic E-state index is 0.00802. The van der Waals surface area contributed by atoms with Crippen LogP contribution in [0.5, 0.6) is 0 Å². The number of nitrogens with one attached hydrogen (secondary N) is 1. The molecule has 7 nitrogen and oxygen atoms in total. The molecule has 0 unspecified atom stereocenters.